The van der Waals surface area contributed by atoms with E-state index in [4.69, 9.17) is 11.6 Å². The maximum Gasteiger partial charge on any atom is 0.341 e. The van der Waals surface area contributed by atoms with E-state index < -0.39 is 38.8 Å². The Balaban J connectivity index is 1.49. The summed E-state index contributed by atoms with van der Waals surface area (Å²) in [6.07, 6.45) is 3.31. The lowest BCUT2D eigenvalue weighted by atomic mass is 10.1. The van der Waals surface area contributed by atoms with E-state index in [0.29, 0.717) is 18.5 Å². The number of nitrogens with one attached hydrogen (secondary N) is 1. The molecule has 184 valence electrons. The van der Waals surface area contributed by atoms with Crippen molar-refractivity contribution in [2.75, 3.05) is 18.0 Å². The number of halogens is 2. The van der Waals surface area contributed by atoms with Crippen LogP contribution < -0.4 is 15.1 Å². The number of sulfonamides is 1. The molecule has 35 heavy (non-hydrogen) atoms. The van der Waals surface area contributed by atoms with Crippen molar-refractivity contribution in [3.05, 3.63) is 68.7 Å². The van der Waals surface area contributed by atoms with Gasteiger partial charge in [0.2, 0.25) is 15.5 Å². The van der Waals surface area contributed by atoms with E-state index >= 15 is 4.39 Å². The van der Waals surface area contributed by atoms with Crippen LogP contribution in [0.3, 0.4) is 0 Å². The molecular formula is C24H23ClFN3O5S. The Morgan fingerprint density at radius 1 is 1.20 bits per heavy atom. The first-order chi connectivity index (χ1) is 16.6. The zero-order valence-electron chi connectivity index (χ0n) is 18.8. The summed E-state index contributed by atoms with van der Waals surface area (Å²) in [5.41, 5.74) is 0.0937. The summed E-state index contributed by atoms with van der Waals surface area (Å²) in [5.74, 6) is -2.14. The number of hydrogen-bond donors (Lipinski definition) is 2. The molecule has 8 nitrogen and oxygen atoms in total. The third-order valence-electron chi connectivity index (χ3n) is 6.51. The second kappa shape index (κ2) is 8.61. The highest BCUT2D eigenvalue weighted by atomic mass is 35.5. The van der Waals surface area contributed by atoms with Gasteiger partial charge in [-0.05, 0) is 44.4 Å². The second-order valence-electron chi connectivity index (χ2n) is 9.10. The molecule has 3 aromatic rings. The van der Waals surface area contributed by atoms with Gasteiger partial charge in [-0.1, -0.05) is 29.3 Å². The molecule has 2 N–H and O–H groups in total. The molecule has 1 aliphatic carbocycles. The van der Waals surface area contributed by atoms with E-state index in [1.165, 1.54) is 18.3 Å². The van der Waals surface area contributed by atoms with Crippen LogP contribution in [-0.2, 0) is 10.0 Å². The summed E-state index contributed by atoms with van der Waals surface area (Å²) in [6, 6.07) is 7.06. The Bertz CT molecular complexity index is 1520. The van der Waals surface area contributed by atoms with E-state index in [2.05, 4.69) is 4.72 Å². The maximum atomic E-state index is 15.3. The Labute approximate surface area is 206 Å². The van der Waals surface area contributed by atoms with Crippen LogP contribution in [0.1, 0.15) is 41.2 Å². The van der Waals surface area contributed by atoms with Gasteiger partial charge in [0.1, 0.15) is 11.4 Å². The summed E-state index contributed by atoms with van der Waals surface area (Å²) in [5, 5.41) is 9.36. The van der Waals surface area contributed by atoms with E-state index in [1.807, 2.05) is 6.92 Å². The predicted octanol–water partition coefficient (Wildman–Crippen LogP) is 3.69. The highest BCUT2D eigenvalue weighted by Crippen LogP contribution is 2.42. The highest BCUT2D eigenvalue weighted by molar-refractivity contribution is 7.89. The highest BCUT2D eigenvalue weighted by Gasteiger charge is 2.33. The number of carbonyl (C=O) groups is 1. The molecule has 1 aliphatic heterocycles. The van der Waals surface area contributed by atoms with Crippen LogP contribution in [0.15, 0.2) is 46.2 Å². The molecule has 1 atom stereocenters. The van der Waals surface area contributed by atoms with Gasteiger partial charge in [0.05, 0.1) is 26.5 Å². The fourth-order valence-corrected chi connectivity index (χ4v) is 6.25. The molecule has 2 fully saturated rings. The number of fused-ring (bicyclic) bond motifs is 1. The molecule has 0 bridgehead atoms. The zero-order chi connectivity index (χ0) is 25.1. The Morgan fingerprint density at radius 3 is 2.51 bits per heavy atom. The van der Waals surface area contributed by atoms with Crippen molar-refractivity contribution >= 4 is 44.2 Å². The molecular weight excluding hydrogens is 497 g/mol. The number of benzene rings is 2. The molecule has 1 saturated heterocycles. The lowest BCUT2D eigenvalue weighted by Gasteiger charge is -2.23. The van der Waals surface area contributed by atoms with Gasteiger partial charge in [-0.2, -0.15) is 0 Å². The van der Waals surface area contributed by atoms with Crippen LogP contribution in [0.2, 0.25) is 5.02 Å². The molecule has 2 heterocycles. The topological polar surface area (TPSA) is 109 Å². The minimum atomic E-state index is -3.75. The van der Waals surface area contributed by atoms with Crippen molar-refractivity contribution in [3.63, 3.8) is 0 Å². The molecule has 2 aliphatic rings. The van der Waals surface area contributed by atoms with Gasteiger partial charge in [0.25, 0.3) is 0 Å². The number of aromatic nitrogens is 1. The van der Waals surface area contributed by atoms with Crippen LogP contribution in [0.5, 0.6) is 0 Å². The van der Waals surface area contributed by atoms with E-state index in [0.717, 1.165) is 24.5 Å². The summed E-state index contributed by atoms with van der Waals surface area (Å²) >= 11 is 6.67. The van der Waals surface area contributed by atoms with Gasteiger partial charge in [0, 0.05) is 31.4 Å². The Hall–Kier alpha value is -2.95. The van der Waals surface area contributed by atoms with Crippen LogP contribution in [-0.4, -0.2) is 43.2 Å². The summed E-state index contributed by atoms with van der Waals surface area (Å²) < 4.78 is 45.2. The summed E-state index contributed by atoms with van der Waals surface area (Å²) in [4.78, 5) is 26.1. The van der Waals surface area contributed by atoms with Gasteiger partial charge in [-0.15, -0.1) is 0 Å². The molecule has 0 amide bonds. The average Bonchev–Trinajstić information content (AvgIpc) is 3.54. The lowest BCUT2D eigenvalue weighted by Crippen LogP contribution is -2.37. The first kappa shape index (κ1) is 23.8. The van der Waals surface area contributed by atoms with Crippen molar-refractivity contribution in [1.29, 1.82) is 0 Å². The zero-order valence-corrected chi connectivity index (χ0v) is 20.4. The first-order valence-corrected chi connectivity index (χ1v) is 13.1. The molecule has 1 aromatic heterocycles. The van der Waals surface area contributed by atoms with Crippen molar-refractivity contribution in [2.24, 2.45) is 0 Å². The second-order valence-corrected chi connectivity index (χ2v) is 11.2. The van der Waals surface area contributed by atoms with Crippen molar-refractivity contribution in [3.8, 4) is 0 Å². The number of aryl methyl sites for hydroxylation is 1. The molecule has 0 radical (unpaired) electrons. The van der Waals surface area contributed by atoms with Crippen LogP contribution in [0.4, 0.5) is 10.1 Å². The maximum absolute atomic E-state index is 15.3. The van der Waals surface area contributed by atoms with Gasteiger partial charge < -0.3 is 14.6 Å². The van der Waals surface area contributed by atoms with Gasteiger partial charge >= 0.3 is 5.97 Å². The van der Waals surface area contributed by atoms with Crippen LogP contribution in [0.25, 0.3) is 10.9 Å². The molecule has 0 spiro atoms. The number of pyridine rings is 1. The number of anilines is 1. The van der Waals surface area contributed by atoms with Gasteiger partial charge in [-0.3, -0.25) is 4.79 Å². The number of carboxylic acids is 1. The number of hydrogen-bond acceptors (Lipinski definition) is 5. The third-order valence-corrected chi connectivity index (χ3v) is 8.41. The minimum absolute atomic E-state index is 0.0142. The summed E-state index contributed by atoms with van der Waals surface area (Å²) in [6.45, 7) is 2.41. The fourth-order valence-electron chi connectivity index (χ4n) is 4.58. The quantitative estimate of drug-likeness (QED) is 0.514. The number of rotatable bonds is 6. The van der Waals surface area contributed by atoms with Gasteiger partial charge in [0.15, 0.2) is 0 Å². The molecule has 11 heteroatoms. The standard InChI is InChI=1S/C24H23ClFN3O5S/c1-13-2-6-16(7-3-13)35(33,34)27-14-8-9-28(11-14)22-19(26)10-17-21(20(22)25)29(15-4-5-15)12-18(23(17)30)24(31)32/h2-3,6-7,10,12,14-15,27H,4-5,8-9,11H2,1H3,(H,31,32). The smallest absolute Gasteiger partial charge is 0.341 e. The van der Waals surface area contributed by atoms with Crippen molar-refractivity contribution < 1.29 is 22.7 Å². The number of carboxylic acid groups (broad SMARTS) is 1. The molecule has 1 unspecified atom stereocenters. The Morgan fingerprint density at radius 2 is 1.89 bits per heavy atom. The average molecular weight is 520 g/mol. The fraction of sp³-hybridized carbons (Fsp3) is 0.333. The summed E-state index contributed by atoms with van der Waals surface area (Å²) in [7, 11) is -3.75. The van der Waals surface area contributed by atoms with Crippen molar-refractivity contribution in [2.45, 2.75) is 43.2 Å². The minimum Gasteiger partial charge on any atom is -0.477 e. The SMILES string of the molecule is Cc1ccc(S(=O)(=O)NC2CCN(c3c(F)cc4c(=O)c(C(=O)O)cn(C5CC5)c4c3Cl)C2)cc1. The number of aromatic carboxylic acids is 1. The predicted molar refractivity (Wildman–Crippen MR) is 131 cm³/mol. The van der Waals surface area contributed by atoms with E-state index in [1.54, 1.807) is 21.6 Å². The first-order valence-electron chi connectivity index (χ1n) is 11.2. The third kappa shape index (κ3) is 4.30. The van der Waals surface area contributed by atoms with Crippen LogP contribution in [0, 0.1) is 12.7 Å². The van der Waals surface area contributed by atoms with Crippen molar-refractivity contribution in [1.82, 2.24) is 9.29 Å². The van der Waals surface area contributed by atoms with E-state index in [-0.39, 0.29) is 33.6 Å². The Kier molecular flexibility index (Phi) is 5.85. The normalized spacial score (nSPS) is 18.4. The molecule has 2 aromatic carbocycles. The largest absolute Gasteiger partial charge is 0.477 e. The molecule has 1 saturated carbocycles. The molecule has 5 rings (SSSR count). The lowest BCUT2D eigenvalue weighted by molar-refractivity contribution is 0.0694. The van der Waals surface area contributed by atoms with Gasteiger partial charge in [-0.25, -0.2) is 22.3 Å². The van der Waals surface area contributed by atoms with E-state index in [9.17, 15) is 23.1 Å². The van der Waals surface area contributed by atoms with Crippen LogP contribution >= 0.6 is 11.6 Å². The number of nitrogens with zero attached hydrogens (tertiary/aromatic N) is 2. The monoisotopic (exact) mass is 519 g/mol.